The number of amides is 1. The van der Waals surface area contributed by atoms with E-state index in [-0.39, 0.29) is 18.9 Å². The van der Waals surface area contributed by atoms with Gasteiger partial charge < -0.3 is 10.4 Å². The Hall–Kier alpha value is -2.14. The molecule has 5 heteroatoms. The minimum Gasteiger partial charge on any atom is -0.481 e. The van der Waals surface area contributed by atoms with Crippen LogP contribution in [0.15, 0.2) is 59.1 Å². The van der Waals surface area contributed by atoms with E-state index in [4.69, 9.17) is 0 Å². The van der Waals surface area contributed by atoms with E-state index in [2.05, 4.69) is 21.2 Å². The SMILES string of the molecule is CCC(CNC(=O)Cc1cccc(Br)c1)(C(=O)O)c1ccccc1. The highest BCUT2D eigenvalue weighted by molar-refractivity contribution is 9.10. The Bertz CT molecular complexity index is 718. The zero-order chi connectivity index (χ0) is 17.6. The van der Waals surface area contributed by atoms with Gasteiger partial charge in [-0.05, 0) is 29.7 Å². The number of carbonyl (C=O) groups is 2. The molecule has 0 radical (unpaired) electrons. The van der Waals surface area contributed by atoms with E-state index in [0.29, 0.717) is 12.0 Å². The number of hydrogen-bond donors (Lipinski definition) is 2. The predicted octanol–water partition coefficient (Wildman–Crippen LogP) is 3.54. The summed E-state index contributed by atoms with van der Waals surface area (Å²) in [5.41, 5.74) is 0.454. The van der Waals surface area contributed by atoms with Gasteiger partial charge in [0, 0.05) is 11.0 Å². The quantitative estimate of drug-likeness (QED) is 0.760. The molecule has 2 aromatic carbocycles. The second-order valence-electron chi connectivity index (χ2n) is 5.69. The van der Waals surface area contributed by atoms with Crippen LogP contribution >= 0.6 is 15.9 Å². The lowest BCUT2D eigenvalue weighted by Crippen LogP contribution is -2.46. The first-order valence-corrected chi connectivity index (χ1v) is 8.57. The molecule has 0 saturated carbocycles. The van der Waals surface area contributed by atoms with Crippen LogP contribution in [-0.4, -0.2) is 23.5 Å². The summed E-state index contributed by atoms with van der Waals surface area (Å²) in [6.45, 7) is 1.89. The zero-order valence-corrected chi connectivity index (χ0v) is 15.0. The van der Waals surface area contributed by atoms with Crippen molar-refractivity contribution in [3.8, 4) is 0 Å². The van der Waals surface area contributed by atoms with Crippen LogP contribution < -0.4 is 5.32 Å². The van der Waals surface area contributed by atoms with E-state index in [0.717, 1.165) is 10.0 Å². The van der Waals surface area contributed by atoms with E-state index >= 15 is 0 Å². The van der Waals surface area contributed by atoms with Gasteiger partial charge in [0.1, 0.15) is 5.41 Å². The van der Waals surface area contributed by atoms with Gasteiger partial charge in [0.2, 0.25) is 5.91 Å². The minimum absolute atomic E-state index is 0.0652. The van der Waals surface area contributed by atoms with Crippen LogP contribution in [0.4, 0.5) is 0 Å². The van der Waals surface area contributed by atoms with Gasteiger partial charge >= 0.3 is 5.97 Å². The van der Waals surface area contributed by atoms with E-state index < -0.39 is 11.4 Å². The van der Waals surface area contributed by atoms with Crippen LogP contribution in [0.25, 0.3) is 0 Å². The molecule has 0 fully saturated rings. The third kappa shape index (κ3) is 4.23. The highest BCUT2D eigenvalue weighted by Gasteiger charge is 2.38. The lowest BCUT2D eigenvalue weighted by molar-refractivity contribution is -0.144. The van der Waals surface area contributed by atoms with Gasteiger partial charge in [-0.3, -0.25) is 9.59 Å². The van der Waals surface area contributed by atoms with Crippen molar-refractivity contribution < 1.29 is 14.7 Å². The molecule has 1 amide bonds. The fraction of sp³-hybridized carbons (Fsp3) is 0.263. The molecule has 2 rings (SSSR count). The lowest BCUT2D eigenvalue weighted by atomic mass is 9.78. The number of hydrogen-bond acceptors (Lipinski definition) is 2. The number of nitrogens with one attached hydrogen (secondary N) is 1. The Labute approximate surface area is 150 Å². The van der Waals surface area contributed by atoms with Crippen molar-refractivity contribution in [2.24, 2.45) is 0 Å². The van der Waals surface area contributed by atoms with Crippen molar-refractivity contribution in [1.29, 1.82) is 0 Å². The summed E-state index contributed by atoms with van der Waals surface area (Å²) >= 11 is 3.37. The summed E-state index contributed by atoms with van der Waals surface area (Å²) in [4.78, 5) is 24.1. The molecule has 24 heavy (non-hydrogen) atoms. The third-order valence-corrected chi connectivity index (χ3v) is 4.67. The maximum Gasteiger partial charge on any atom is 0.315 e. The fourth-order valence-electron chi connectivity index (χ4n) is 2.68. The molecule has 1 atom stereocenters. The Morgan fingerprint density at radius 1 is 1.12 bits per heavy atom. The molecule has 2 aromatic rings. The molecule has 126 valence electrons. The van der Waals surface area contributed by atoms with Gasteiger partial charge in [-0.25, -0.2) is 0 Å². The monoisotopic (exact) mass is 389 g/mol. The average Bonchev–Trinajstić information content (AvgIpc) is 2.56. The summed E-state index contributed by atoms with van der Waals surface area (Å²) in [6, 6.07) is 16.5. The second-order valence-corrected chi connectivity index (χ2v) is 6.61. The van der Waals surface area contributed by atoms with E-state index in [1.54, 1.807) is 12.1 Å². The van der Waals surface area contributed by atoms with E-state index in [9.17, 15) is 14.7 Å². The molecule has 0 bridgehead atoms. The van der Waals surface area contributed by atoms with Crippen LogP contribution in [0.1, 0.15) is 24.5 Å². The fourth-order valence-corrected chi connectivity index (χ4v) is 3.13. The number of carboxylic acid groups (broad SMARTS) is 1. The first-order chi connectivity index (χ1) is 11.5. The van der Waals surface area contributed by atoms with Gasteiger partial charge in [-0.1, -0.05) is 65.3 Å². The standard InChI is InChI=1S/C19H20BrNO3/c1-2-19(18(23)24,15-8-4-3-5-9-15)13-21-17(22)12-14-7-6-10-16(20)11-14/h3-11H,2,12-13H2,1H3,(H,21,22)(H,23,24). The van der Waals surface area contributed by atoms with Crippen molar-refractivity contribution in [2.45, 2.75) is 25.2 Å². The maximum absolute atomic E-state index is 12.2. The molecule has 2 N–H and O–H groups in total. The molecular formula is C19H20BrNO3. The maximum atomic E-state index is 12.2. The van der Waals surface area contributed by atoms with Crippen LogP contribution in [0, 0.1) is 0 Å². The Balaban J connectivity index is 2.11. The Morgan fingerprint density at radius 3 is 2.42 bits per heavy atom. The summed E-state index contributed by atoms with van der Waals surface area (Å²) in [5, 5.41) is 12.5. The molecule has 0 spiro atoms. The van der Waals surface area contributed by atoms with Crippen molar-refractivity contribution in [3.63, 3.8) is 0 Å². The Kier molecular flexibility index (Phi) is 6.15. The lowest BCUT2D eigenvalue weighted by Gasteiger charge is -2.29. The molecule has 0 saturated heterocycles. The number of halogens is 1. The topological polar surface area (TPSA) is 66.4 Å². The van der Waals surface area contributed by atoms with Crippen LogP contribution in [0.3, 0.4) is 0 Å². The van der Waals surface area contributed by atoms with Crippen molar-refractivity contribution in [2.75, 3.05) is 6.54 Å². The second kappa shape index (κ2) is 8.11. The van der Waals surface area contributed by atoms with Crippen LogP contribution in [-0.2, 0) is 21.4 Å². The van der Waals surface area contributed by atoms with Crippen molar-refractivity contribution in [1.82, 2.24) is 5.32 Å². The normalized spacial score (nSPS) is 13.1. The molecule has 0 aliphatic carbocycles. The highest BCUT2D eigenvalue weighted by Crippen LogP contribution is 2.28. The van der Waals surface area contributed by atoms with Crippen molar-refractivity contribution in [3.05, 3.63) is 70.2 Å². The van der Waals surface area contributed by atoms with Crippen molar-refractivity contribution >= 4 is 27.8 Å². The van der Waals surface area contributed by atoms with Gasteiger partial charge in [0.05, 0.1) is 6.42 Å². The first kappa shape index (κ1) is 18.2. The van der Waals surface area contributed by atoms with E-state index in [1.165, 1.54) is 0 Å². The zero-order valence-electron chi connectivity index (χ0n) is 13.5. The highest BCUT2D eigenvalue weighted by atomic mass is 79.9. The number of rotatable bonds is 7. The smallest absolute Gasteiger partial charge is 0.315 e. The number of carboxylic acids is 1. The third-order valence-electron chi connectivity index (χ3n) is 4.18. The van der Waals surface area contributed by atoms with Gasteiger partial charge in [0.25, 0.3) is 0 Å². The molecule has 1 unspecified atom stereocenters. The number of carbonyl (C=O) groups excluding carboxylic acids is 1. The molecular weight excluding hydrogens is 370 g/mol. The molecule has 0 aromatic heterocycles. The molecule has 0 heterocycles. The molecule has 4 nitrogen and oxygen atoms in total. The number of benzene rings is 2. The van der Waals surface area contributed by atoms with Gasteiger partial charge in [-0.2, -0.15) is 0 Å². The summed E-state index contributed by atoms with van der Waals surface area (Å²) in [5.74, 6) is -1.12. The van der Waals surface area contributed by atoms with Crippen LogP contribution in [0.5, 0.6) is 0 Å². The molecule has 0 aliphatic heterocycles. The average molecular weight is 390 g/mol. The molecule has 0 aliphatic rings. The van der Waals surface area contributed by atoms with Crippen LogP contribution in [0.2, 0.25) is 0 Å². The van der Waals surface area contributed by atoms with Gasteiger partial charge in [0.15, 0.2) is 0 Å². The van der Waals surface area contributed by atoms with Gasteiger partial charge in [-0.15, -0.1) is 0 Å². The summed E-state index contributed by atoms with van der Waals surface area (Å²) in [6.07, 6.45) is 0.608. The summed E-state index contributed by atoms with van der Waals surface area (Å²) in [7, 11) is 0. The first-order valence-electron chi connectivity index (χ1n) is 7.78. The largest absolute Gasteiger partial charge is 0.481 e. The number of aliphatic carboxylic acids is 1. The summed E-state index contributed by atoms with van der Waals surface area (Å²) < 4.78 is 0.908. The predicted molar refractivity (Wildman–Crippen MR) is 96.9 cm³/mol. The Morgan fingerprint density at radius 2 is 1.83 bits per heavy atom. The van der Waals surface area contributed by atoms with E-state index in [1.807, 2.05) is 49.4 Å². The minimum atomic E-state index is -1.12.